The fourth-order valence-corrected chi connectivity index (χ4v) is 3.74. The molecule has 3 rings (SSSR count). The number of aromatic nitrogens is 1. The number of para-hydroxylation sites is 1. The van der Waals surface area contributed by atoms with Gasteiger partial charge in [-0.3, -0.25) is 9.59 Å². The molecule has 1 unspecified atom stereocenters. The lowest BCUT2D eigenvalue weighted by Gasteiger charge is -2.21. The van der Waals surface area contributed by atoms with Gasteiger partial charge in [0.1, 0.15) is 5.75 Å². The average Bonchev–Trinajstić information content (AvgIpc) is 3.10. The van der Waals surface area contributed by atoms with Crippen molar-refractivity contribution in [1.29, 1.82) is 0 Å². The van der Waals surface area contributed by atoms with Gasteiger partial charge < -0.3 is 18.8 Å². The smallest absolute Gasteiger partial charge is 0.320 e. The number of benzene rings is 2. The molecule has 0 aliphatic carbocycles. The van der Waals surface area contributed by atoms with E-state index in [4.69, 9.17) is 14.2 Å². The molecule has 1 aromatic heterocycles. The number of ether oxygens (including phenoxy) is 3. The fourth-order valence-electron chi connectivity index (χ4n) is 3.74. The molecule has 0 radical (unpaired) electrons. The Morgan fingerprint density at radius 1 is 0.931 bits per heavy atom. The van der Waals surface area contributed by atoms with Gasteiger partial charge in [0.2, 0.25) is 0 Å². The van der Waals surface area contributed by atoms with Crippen molar-refractivity contribution in [2.75, 3.05) is 21.3 Å². The summed E-state index contributed by atoms with van der Waals surface area (Å²) in [6, 6.07) is 15.7. The molecule has 0 bridgehead atoms. The van der Waals surface area contributed by atoms with Crippen molar-refractivity contribution in [1.82, 2.24) is 4.57 Å². The van der Waals surface area contributed by atoms with E-state index in [1.54, 1.807) is 7.11 Å². The van der Waals surface area contributed by atoms with Crippen LogP contribution in [0.3, 0.4) is 0 Å². The van der Waals surface area contributed by atoms with Gasteiger partial charge in [-0.05, 0) is 35.7 Å². The molecule has 1 heterocycles. The largest absolute Gasteiger partial charge is 0.497 e. The van der Waals surface area contributed by atoms with Crippen LogP contribution in [0.4, 0.5) is 0 Å². The molecular weight excluding hydrogens is 370 g/mol. The highest BCUT2D eigenvalue weighted by atomic mass is 16.5. The van der Waals surface area contributed by atoms with Crippen LogP contribution in [0, 0.1) is 5.92 Å². The van der Waals surface area contributed by atoms with E-state index in [9.17, 15) is 9.59 Å². The van der Waals surface area contributed by atoms with Gasteiger partial charge in [-0.25, -0.2) is 0 Å². The van der Waals surface area contributed by atoms with Crippen molar-refractivity contribution in [3.8, 4) is 5.75 Å². The highest BCUT2D eigenvalue weighted by molar-refractivity contribution is 5.95. The summed E-state index contributed by atoms with van der Waals surface area (Å²) in [4.78, 5) is 24.7. The Morgan fingerprint density at radius 2 is 1.55 bits per heavy atom. The van der Waals surface area contributed by atoms with E-state index in [0.717, 1.165) is 27.8 Å². The maximum Gasteiger partial charge on any atom is 0.320 e. The van der Waals surface area contributed by atoms with E-state index in [0.29, 0.717) is 0 Å². The van der Waals surface area contributed by atoms with Crippen molar-refractivity contribution in [3.63, 3.8) is 0 Å². The van der Waals surface area contributed by atoms with Gasteiger partial charge in [0, 0.05) is 30.1 Å². The van der Waals surface area contributed by atoms with Crippen LogP contribution in [0.5, 0.6) is 5.75 Å². The third-order valence-corrected chi connectivity index (χ3v) is 5.26. The van der Waals surface area contributed by atoms with Crippen LogP contribution in [0.2, 0.25) is 0 Å². The Kier molecular flexibility index (Phi) is 6.22. The molecule has 0 spiro atoms. The zero-order valence-corrected chi connectivity index (χ0v) is 17.0. The van der Waals surface area contributed by atoms with Crippen molar-refractivity contribution in [2.24, 2.45) is 13.0 Å². The van der Waals surface area contributed by atoms with Crippen LogP contribution in [0.1, 0.15) is 23.5 Å². The van der Waals surface area contributed by atoms with E-state index in [2.05, 4.69) is 0 Å². The first-order valence-corrected chi connectivity index (χ1v) is 9.33. The van der Waals surface area contributed by atoms with E-state index >= 15 is 0 Å². The topological polar surface area (TPSA) is 66.8 Å². The molecule has 0 saturated carbocycles. The third-order valence-electron chi connectivity index (χ3n) is 5.26. The van der Waals surface area contributed by atoms with Crippen LogP contribution in [0.15, 0.2) is 54.7 Å². The van der Waals surface area contributed by atoms with Gasteiger partial charge in [-0.1, -0.05) is 30.3 Å². The molecule has 0 saturated heterocycles. The molecule has 0 aliphatic heterocycles. The summed E-state index contributed by atoms with van der Waals surface area (Å²) < 4.78 is 17.1. The molecule has 1 atom stereocenters. The standard InChI is InChI=1S/C23H25NO5/c1-24-14-20(17-7-5-6-8-21(17)24)18(15-9-11-16(27-2)12-10-15)13-19(22(25)28-3)23(26)29-4/h5-12,14,18-19H,13H2,1-4H3. The van der Waals surface area contributed by atoms with E-state index in [1.165, 1.54) is 14.2 Å². The van der Waals surface area contributed by atoms with Crippen molar-refractivity contribution in [3.05, 3.63) is 65.9 Å². The zero-order chi connectivity index (χ0) is 21.0. The predicted octanol–water partition coefficient (Wildman–Crippen LogP) is 3.67. The molecule has 29 heavy (non-hydrogen) atoms. The van der Waals surface area contributed by atoms with Crippen LogP contribution in [0.25, 0.3) is 10.9 Å². The molecule has 6 nitrogen and oxygen atoms in total. The first-order chi connectivity index (χ1) is 14.0. The lowest BCUT2D eigenvalue weighted by Crippen LogP contribution is -2.28. The number of hydrogen-bond acceptors (Lipinski definition) is 5. The zero-order valence-electron chi connectivity index (χ0n) is 17.0. The SMILES string of the molecule is COC(=O)C(CC(c1ccc(OC)cc1)c1cn(C)c2ccccc12)C(=O)OC. The van der Waals surface area contributed by atoms with Gasteiger partial charge in [-0.15, -0.1) is 0 Å². The summed E-state index contributed by atoms with van der Waals surface area (Å²) in [5.41, 5.74) is 3.08. The lowest BCUT2D eigenvalue weighted by molar-refractivity contribution is -0.159. The minimum Gasteiger partial charge on any atom is -0.497 e. The van der Waals surface area contributed by atoms with Gasteiger partial charge in [0.25, 0.3) is 0 Å². The van der Waals surface area contributed by atoms with Gasteiger partial charge in [-0.2, -0.15) is 0 Å². The second-order valence-corrected chi connectivity index (χ2v) is 6.87. The average molecular weight is 395 g/mol. The van der Waals surface area contributed by atoms with Gasteiger partial charge >= 0.3 is 11.9 Å². The Labute approximate surface area is 170 Å². The van der Waals surface area contributed by atoms with Crippen LogP contribution in [-0.4, -0.2) is 37.8 Å². The molecule has 3 aromatic rings. The second kappa shape index (κ2) is 8.82. The Balaban J connectivity index is 2.12. The summed E-state index contributed by atoms with van der Waals surface area (Å²) in [7, 11) is 6.15. The number of fused-ring (bicyclic) bond motifs is 1. The fraction of sp³-hybridized carbons (Fsp3) is 0.304. The van der Waals surface area contributed by atoms with Gasteiger partial charge in [0.15, 0.2) is 5.92 Å². The molecule has 0 amide bonds. The summed E-state index contributed by atoms with van der Waals surface area (Å²) in [6.07, 6.45) is 2.28. The lowest BCUT2D eigenvalue weighted by atomic mass is 9.83. The number of esters is 2. The van der Waals surface area contributed by atoms with Crippen LogP contribution < -0.4 is 4.74 Å². The van der Waals surface area contributed by atoms with E-state index in [-0.39, 0.29) is 12.3 Å². The summed E-state index contributed by atoms with van der Waals surface area (Å²) in [5, 5.41) is 1.07. The number of carbonyl (C=O) groups excluding carboxylic acids is 2. The summed E-state index contributed by atoms with van der Waals surface area (Å²) in [5.74, 6) is -1.69. The normalized spacial score (nSPS) is 12.0. The predicted molar refractivity (Wildman–Crippen MR) is 110 cm³/mol. The van der Waals surface area contributed by atoms with Crippen molar-refractivity contribution < 1.29 is 23.8 Å². The third kappa shape index (κ3) is 4.11. The van der Waals surface area contributed by atoms with E-state index < -0.39 is 17.9 Å². The molecule has 0 fully saturated rings. The number of methoxy groups -OCH3 is 3. The minimum absolute atomic E-state index is 0.213. The molecule has 0 N–H and O–H groups in total. The van der Waals surface area contributed by atoms with Gasteiger partial charge in [0.05, 0.1) is 21.3 Å². The first-order valence-electron chi connectivity index (χ1n) is 9.33. The number of nitrogens with zero attached hydrogens (tertiary/aromatic N) is 1. The quantitative estimate of drug-likeness (QED) is 0.451. The van der Waals surface area contributed by atoms with Crippen molar-refractivity contribution in [2.45, 2.75) is 12.3 Å². The van der Waals surface area contributed by atoms with E-state index in [1.807, 2.05) is 66.3 Å². The molecule has 0 aliphatic rings. The molecule has 152 valence electrons. The summed E-state index contributed by atoms with van der Waals surface area (Å²) in [6.45, 7) is 0. The molecule has 2 aromatic carbocycles. The van der Waals surface area contributed by atoms with Crippen molar-refractivity contribution >= 4 is 22.8 Å². The highest BCUT2D eigenvalue weighted by Gasteiger charge is 2.33. The monoisotopic (exact) mass is 395 g/mol. The Bertz CT molecular complexity index is 990. The van der Waals surface area contributed by atoms with Crippen LogP contribution >= 0.6 is 0 Å². The summed E-state index contributed by atoms with van der Waals surface area (Å²) >= 11 is 0. The first kappa shape index (κ1) is 20.5. The maximum atomic E-state index is 12.3. The Morgan fingerprint density at radius 3 is 2.14 bits per heavy atom. The highest BCUT2D eigenvalue weighted by Crippen LogP contribution is 2.37. The Hall–Kier alpha value is -3.28. The number of aryl methyl sites for hydroxylation is 1. The second-order valence-electron chi connectivity index (χ2n) is 6.87. The molecular formula is C23H25NO5. The number of hydrogen-bond donors (Lipinski definition) is 0. The molecule has 6 heteroatoms. The maximum absolute atomic E-state index is 12.3. The minimum atomic E-state index is -1.02. The number of rotatable bonds is 7. The number of carbonyl (C=O) groups is 2. The van der Waals surface area contributed by atoms with Crippen LogP contribution in [-0.2, 0) is 26.1 Å².